The van der Waals surface area contributed by atoms with Crippen LogP contribution in [0.25, 0.3) is 0 Å². The van der Waals surface area contributed by atoms with Gasteiger partial charge in [0.15, 0.2) is 5.96 Å². The lowest BCUT2D eigenvalue weighted by Crippen LogP contribution is -2.54. The molecule has 2 aliphatic heterocycles. The van der Waals surface area contributed by atoms with Gasteiger partial charge in [-0.1, -0.05) is 0 Å². The van der Waals surface area contributed by atoms with Crippen molar-refractivity contribution in [2.75, 3.05) is 60.0 Å². The molecule has 2 aliphatic rings. The first-order valence-corrected chi connectivity index (χ1v) is 10.4. The minimum Gasteiger partial charge on any atom is -0.508 e. The van der Waals surface area contributed by atoms with E-state index in [2.05, 4.69) is 20.1 Å². The van der Waals surface area contributed by atoms with Crippen molar-refractivity contribution in [3.05, 3.63) is 23.8 Å². The number of phenols is 1. The monoisotopic (exact) mass is 403 g/mol. The zero-order valence-corrected chi connectivity index (χ0v) is 17.6. The number of nitrogens with one attached hydrogen (secondary N) is 1. The van der Waals surface area contributed by atoms with E-state index in [9.17, 15) is 9.90 Å². The molecule has 1 amide bonds. The number of phenolic OH excluding ortho intramolecular Hbond substituents is 1. The number of amides is 1. The molecule has 0 aromatic heterocycles. The van der Waals surface area contributed by atoms with Gasteiger partial charge in [-0.05, 0) is 37.5 Å². The van der Waals surface area contributed by atoms with Crippen LogP contribution in [0.1, 0.15) is 24.8 Å². The second kappa shape index (κ2) is 10.3. The van der Waals surface area contributed by atoms with Crippen LogP contribution < -0.4 is 10.1 Å². The molecule has 0 unspecified atom stereocenters. The normalized spacial score (nSPS) is 18.6. The van der Waals surface area contributed by atoms with Crippen LogP contribution in [-0.2, 0) is 11.3 Å². The molecule has 8 nitrogen and oxygen atoms in total. The number of carbonyl (C=O) groups is 1. The maximum atomic E-state index is 12.5. The molecule has 0 atom stereocenters. The van der Waals surface area contributed by atoms with Gasteiger partial charge in [-0.25, -0.2) is 0 Å². The quantitative estimate of drug-likeness (QED) is 0.566. The fourth-order valence-corrected chi connectivity index (χ4v) is 3.89. The summed E-state index contributed by atoms with van der Waals surface area (Å²) in [6.07, 6.45) is 3.50. The van der Waals surface area contributed by atoms with Crippen LogP contribution in [0.15, 0.2) is 23.2 Å². The maximum absolute atomic E-state index is 12.5. The third-order valence-corrected chi connectivity index (χ3v) is 5.67. The van der Waals surface area contributed by atoms with Gasteiger partial charge in [0.1, 0.15) is 11.5 Å². The molecule has 0 spiro atoms. The van der Waals surface area contributed by atoms with Crippen molar-refractivity contribution in [1.29, 1.82) is 0 Å². The van der Waals surface area contributed by atoms with Crippen molar-refractivity contribution in [3.8, 4) is 11.5 Å². The van der Waals surface area contributed by atoms with Gasteiger partial charge in [0, 0.05) is 58.4 Å². The van der Waals surface area contributed by atoms with Crippen LogP contribution in [0.5, 0.6) is 11.5 Å². The highest BCUT2D eigenvalue weighted by atomic mass is 16.5. The summed E-state index contributed by atoms with van der Waals surface area (Å²) in [5.41, 5.74) is 0.760. The molecule has 1 aromatic carbocycles. The van der Waals surface area contributed by atoms with Crippen molar-refractivity contribution in [2.24, 2.45) is 4.99 Å². The Morgan fingerprint density at radius 3 is 2.48 bits per heavy atom. The number of rotatable bonds is 5. The number of likely N-dealkylation sites (tertiary alicyclic amines) is 1. The molecule has 29 heavy (non-hydrogen) atoms. The fraction of sp³-hybridized carbons (Fsp3) is 0.619. The molecule has 2 saturated heterocycles. The number of aromatic hydroxyl groups is 1. The molecule has 2 N–H and O–H groups in total. The van der Waals surface area contributed by atoms with Gasteiger partial charge in [0.2, 0.25) is 5.91 Å². The zero-order chi connectivity index (χ0) is 20.6. The first-order chi connectivity index (χ1) is 14.1. The SMILES string of the molecule is CN=C(NCc1cc(OC)ccc1O)N1CCN(CC(=O)N2CCCCC2)CC1. The summed E-state index contributed by atoms with van der Waals surface area (Å²) in [6.45, 7) is 6.10. The van der Waals surface area contributed by atoms with Crippen LogP contribution in [0.4, 0.5) is 0 Å². The number of guanidine groups is 1. The lowest BCUT2D eigenvalue weighted by atomic mass is 10.1. The molecule has 1 aromatic rings. The number of piperidine rings is 1. The van der Waals surface area contributed by atoms with Crippen molar-refractivity contribution in [3.63, 3.8) is 0 Å². The van der Waals surface area contributed by atoms with Gasteiger partial charge in [-0.15, -0.1) is 0 Å². The summed E-state index contributed by atoms with van der Waals surface area (Å²) >= 11 is 0. The number of hydrogen-bond donors (Lipinski definition) is 2. The largest absolute Gasteiger partial charge is 0.508 e. The number of ether oxygens (including phenoxy) is 1. The summed E-state index contributed by atoms with van der Waals surface area (Å²) in [7, 11) is 3.37. The molecular formula is C21H33N5O3. The van der Waals surface area contributed by atoms with E-state index in [4.69, 9.17) is 4.74 Å². The van der Waals surface area contributed by atoms with E-state index >= 15 is 0 Å². The number of nitrogens with zero attached hydrogens (tertiary/aromatic N) is 4. The Hall–Kier alpha value is -2.48. The minimum atomic E-state index is 0.231. The van der Waals surface area contributed by atoms with Crippen molar-refractivity contribution in [2.45, 2.75) is 25.8 Å². The first-order valence-electron chi connectivity index (χ1n) is 10.4. The molecule has 2 heterocycles. The van der Waals surface area contributed by atoms with Gasteiger partial charge in [0.25, 0.3) is 0 Å². The highest BCUT2D eigenvalue weighted by Gasteiger charge is 2.24. The van der Waals surface area contributed by atoms with E-state index in [1.165, 1.54) is 6.42 Å². The minimum absolute atomic E-state index is 0.231. The van der Waals surface area contributed by atoms with Gasteiger partial charge < -0.3 is 25.0 Å². The van der Waals surface area contributed by atoms with E-state index in [1.807, 2.05) is 11.0 Å². The summed E-state index contributed by atoms with van der Waals surface area (Å²) in [4.78, 5) is 23.3. The summed E-state index contributed by atoms with van der Waals surface area (Å²) < 4.78 is 5.23. The van der Waals surface area contributed by atoms with Gasteiger partial charge >= 0.3 is 0 Å². The Labute approximate surface area is 173 Å². The van der Waals surface area contributed by atoms with Gasteiger partial charge in [-0.3, -0.25) is 14.7 Å². The Morgan fingerprint density at radius 1 is 1.10 bits per heavy atom. The van der Waals surface area contributed by atoms with E-state index < -0.39 is 0 Å². The van der Waals surface area contributed by atoms with E-state index in [-0.39, 0.29) is 11.7 Å². The zero-order valence-electron chi connectivity index (χ0n) is 17.6. The summed E-state index contributed by atoms with van der Waals surface area (Å²) in [6, 6.07) is 5.19. The number of hydrogen-bond acceptors (Lipinski definition) is 5. The van der Waals surface area contributed by atoms with Crippen LogP contribution in [0.3, 0.4) is 0 Å². The maximum Gasteiger partial charge on any atom is 0.236 e. The van der Waals surface area contributed by atoms with Gasteiger partial charge in [0.05, 0.1) is 13.7 Å². The van der Waals surface area contributed by atoms with Crippen LogP contribution in [-0.4, -0.2) is 91.6 Å². The summed E-state index contributed by atoms with van der Waals surface area (Å²) in [5, 5.41) is 13.4. The average Bonchev–Trinajstić information content (AvgIpc) is 2.77. The number of methoxy groups -OCH3 is 1. The van der Waals surface area contributed by atoms with Crippen molar-refractivity contribution >= 4 is 11.9 Å². The van der Waals surface area contributed by atoms with Gasteiger partial charge in [-0.2, -0.15) is 0 Å². The standard InChI is InChI=1S/C21H33N5O3/c1-22-21(23-15-17-14-18(29-2)6-7-19(17)27)26-12-10-24(11-13-26)16-20(28)25-8-4-3-5-9-25/h6-7,14,27H,3-5,8-13,15-16H2,1-2H3,(H,22,23). The second-order valence-corrected chi connectivity index (χ2v) is 7.60. The molecule has 0 saturated carbocycles. The number of piperazine rings is 1. The Bertz CT molecular complexity index is 710. The lowest BCUT2D eigenvalue weighted by molar-refractivity contribution is -0.133. The third kappa shape index (κ3) is 5.76. The van der Waals surface area contributed by atoms with Crippen LogP contribution in [0, 0.1) is 0 Å². The highest BCUT2D eigenvalue weighted by Crippen LogP contribution is 2.22. The Morgan fingerprint density at radius 2 is 1.83 bits per heavy atom. The Kier molecular flexibility index (Phi) is 7.57. The molecule has 0 aliphatic carbocycles. The highest BCUT2D eigenvalue weighted by molar-refractivity contribution is 5.80. The van der Waals surface area contributed by atoms with Crippen molar-refractivity contribution in [1.82, 2.24) is 20.0 Å². The van der Waals surface area contributed by atoms with E-state index in [0.717, 1.165) is 63.6 Å². The van der Waals surface area contributed by atoms with Crippen LogP contribution >= 0.6 is 0 Å². The predicted molar refractivity (Wildman–Crippen MR) is 113 cm³/mol. The number of benzene rings is 1. The average molecular weight is 404 g/mol. The lowest BCUT2D eigenvalue weighted by Gasteiger charge is -2.37. The predicted octanol–water partition coefficient (Wildman–Crippen LogP) is 1.11. The van der Waals surface area contributed by atoms with Crippen molar-refractivity contribution < 1.29 is 14.6 Å². The second-order valence-electron chi connectivity index (χ2n) is 7.60. The molecule has 2 fully saturated rings. The van der Waals surface area contributed by atoms with Crippen LogP contribution in [0.2, 0.25) is 0 Å². The molecule has 0 radical (unpaired) electrons. The number of carbonyl (C=O) groups excluding carboxylic acids is 1. The van der Waals surface area contributed by atoms with E-state index in [1.54, 1.807) is 26.3 Å². The Balaban J connectivity index is 1.47. The third-order valence-electron chi connectivity index (χ3n) is 5.67. The smallest absolute Gasteiger partial charge is 0.236 e. The molecule has 3 rings (SSSR count). The molecule has 0 bridgehead atoms. The summed E-state index contributed by atoms with van der Waals surface area (Å²) in [5.74, 6) is 2.00. The first kappa shape index (κ1) is 21.2. The fourth-order valence-electron chi connectivity index (χ4n) is 3.89. The molecular weight excluding hydrogens is 370 g/mol. The van der Waals surface area contributed by atoms with E-state index in [0.29, 0.717) is 18.8 Å². The molecule has 8 heteroatoms. The number of aliphatic imine (C=N–C) groups is 1. The topological polar surface area (TPSA) is 80.6 Å². The molecule has 160 valence electrons.